The minimum Gasteiger partial charge on any atom is -0.497 e. The molecule has 0 saturated carbocycles. The number of benzene rings is 2. The van der Waals surface area contributed by atoms with E-state index in [9.17, 15) is 4.79 Å². The van der Waals surface area contributed by atoms with Gasteiger partial charge in [-0.25, -0.2) is 0 Å². The number of hydrogen-bond acceptors (Lipinski definition) is 3. The molecule has 0 atom stereocenters. The van der Waals surface area contributed by atoms with Crippen molar-refractivity contribution in [3.63, 3.8) is 0 Å². The van der Waals surface area contributed by atoms with E-state index in [1.54, 1.807) is 20.3 Å². The summed E-state index contributed by atoms with van der Waals surface area (Å²) in [5.74, 6) is 1.22. The molecule has 0 heterocycles. The molecule has 0 saturated heterocycles. The predicted octanol–water partition coefficient (Wildman–Crippen LogP) is 3.66. The van der Waals surface area contributed by atoms with Crippen molar-refractivity contribution < 1.29 is 14.3 Å². The van der Waals surface area contributed by atoms with Crippen molar-refractivity contribution in [2.45, 2.75) is 6.92 Å². The second-order valence-corrected chi connectivity index (χ2v) is 4.80. The molecule has 0 radical (unpaired) electrons. The van der Waals surface area contributed by atoms with E-state index >= 15 is 0 Å². The molecule has 0 aliphatic rings. The Hall–Kier alpha value is -2.75. The van der Waals surface area contributed by atoms with Crippen LogP contribution in [0.25, 0.3) is 6.08 Å². The number of amides is 1. The first-order valence-electron chi connectivity index (χ1n) is 6.90. The smallest absolute Gasteiger partial charge is 0.248 e. The van der Waals surface area contributed by atoms with Crippen LogP contribution in [-0.2, 0) is 4.79 Å². The van der Waals surface area contributed by atoms with Gasteiger partial charge in [0, 0.05) is 6.08 Å². The zero-order chi connectivity index (χ0) is 15.9. The fourth-order valence-corrected chi connectivity index (χ4v) is 1.96. The van der Waals surface area contributed by atoms with Gasteiger partial charge in [0.2, 0.25) is 5.91 Å². The zero-order valence-corrected chi connectivity index (χ0v) is 12.9. The van der Waals surface area contributed by atoms with Gasteiger partial charge in [0.25, 0.3) is 0 Å². The van der Waals surface area contributed by atoms with Gasteiger partial charge in [0.15, 0.2) is 0 Å². The van der Waals surface area contributed by atoms with E-state index in [0.29, 0.717) is 11.4 Å². The maximum absolute atomic E-state index is 12.0. The lowest BCUT2D eigenvalue weighted by atomic mass is 10.2. The molecule has 0 unspecified atom stereocenters. The summed E-state index contributed by atoms with van der Waals surface area (Å²) in [5.41, 5.74) is 2.65. The minimum absolute atomic E-state index is 0.210. The van der Waals surface area contributed by atoms with Crippen LogP contribution in [0, 0.1) is 6.92 Å². The first-order chi connectivity index (χ1) is 10.6. The molecule has 1 N–H and O–H groups in total. The van der Waals surface area contributed by atoms with E-state index in [1.807, 2.05) is 49.4 Å². The first-order valence-corrected chi connectivity index (χ1v) is 6.90. The number of rotatable bonds is 5. The number of carbonyl (C=O) groups excluding carboxylic acids is 1. The van der Waals surface area contributed by atoms with Crippen LogP contribution in [0.4, 0.5) is 5.69 Å². The zero-order valence-electron chi connectivity index (χ0n) is 12.9. The van der Waals surface area contributed by atoms with Crippen LogP contribution in [-0.4, -0.2) is 20.1 Å². The van der Waals surface area contributed by atoms with Crippen molar-refractivity contribution >= 4 is 17.7 Å². The largest absolute Gasteiger partial charge is 0.497 e. The Labute approximate surface area is 130 Å². The van der Waals surface area contributed by atoms with E-state index < -0.39 is 0 Å². The summed E-state index contributed by atoms with van der Waals surface area (Å²) in [6.07, 6.45) is 3.23. The highest BCUT2D eigenvalue weighted by molar-refractivity contribution is 6.02. The quantitative estimate of drug-likeness (QED) is 0.857. The first kappa shape index (κ1) is 15.6. The van der Waals surface area contributed by atoms with Crippen molar-refractivity contribution in [3.05, 3.63) is 59.7 Å². The van der Waals surface area contributed by atoms with Crippen LogP contribution in [0.15, 0.2) is 48.5 Å². The summed E-state index contributed by atoms with van der Waals surface area (Å²) in [6, 6.07) is 13.1. The highest BCUT2D eigenvalue weighted by Crippen LogP contribution is 2.25. The summed E-state index contributed by atoms with van der Waals surface area (Å²) in [6.45, 7) is 1.97. The molecule has 2 rings (SSSR count). The number of hydrogen-bond donors (Lipinski definition) is 1. The number of methoxy groups -OCH3 is 2. The van der Waals surface area contributed by atoms with Crippen molar-refractivity contribution in [3.8, 4) is 11.5 Å². The van der Waals surface area contributed by atoms with E-state index in [-0.39, 0.29) is 5.91 Å². The Morgan fingerprint density at radius 2 is 1.77 bits per heavy atom. The Morgan fingerprint density at radius 1 is 1.05 bits per heavy atom. The highest BCUT2D eigenvalue weighted by Gasteiger charge is 2.05. The van der Waals surface area contributed by atoms with Gasteiger partial charge in [-0.05, 0) is 48.4 Å². The summed E-state index contributed by atoms with van der Waals surface area (Å²) in [7, 11) is 3.20. The van der Waals surface area contributed by atoms with Gasteiger partial charge in [0.05, 0.1) is 19.9 Å². The molecular formula is C18H19NO3. The van der Waals surface area contributed by atoms with Crippen LogP contribution < -0.4 is 14.8 Å². The van der Waals surface area contributed by atoms with Gasteiger partial charge in [0.1, 0.15) is 11.5 Å². The number of nitrogens with one attached hydrogen (secondary N) is 1. The minimum atomic E-state index is -0.210. The molecule has 4 heteroatoms. The molecule has 0 fully saturated rings. The normalized spacial score (nSPS) is 10.5. The topological polar surface area (TPSA) is 47.6 Å². The molecule has 114 valence electrons. The van der Waals surface area contributed by atoms with E-state index in [1.165, 1.54) is 6.08 Å². The fourth-order valence-electron chi connectivity index (χ4n) is 1.96. The maximum atomic E-state index is 12.0. The van der Waals surface area contributed by atoms with E-state index in [2.05, 4.69) is 5.32 Å². The molecule has 2 aromatic carbocycles. The lowest BCUT2D eigenvalue weighted by Gasteiger charge is -2.09. The van der Waals surface area contributed by atoms with Crippen molar-refractivity contribution in [2.24, 2.45) is 0 Å². The molecule has 0 bridgehead atoms. The Morgan fingerprint density at radius 3 is 2.41 bits per heavy atom. The number of aryl methyl sites for hydroxylation is 1. The van der Waals surface area contributed by atoms with Crippen LogP contribution in [0.5, 0.6) is 11.5 Å². The second-order valence-electron chi connectivity index (χ2n) is 4.80. The van der Waals surface area contributed by atoms with Gasteiger partial charge in [-0.15, -0.1) is 0 Å². The lowest BCUT2D eigenvalue weighted by molar-refractivity contribution is -0.111. The summed E-state index contributed by atoms with van der Waals surface area (Å²) in [5, 5.41) is 2.81. The molecule has 0 aliphatic carbocycles. The summed E-state index contributed by atoms with van der Waals surface area (Å²) < 4.78 is 10.4. The Bertz CT molecular complexity index is 675. The van der Waals surface area contributed by atoms with Gasteiger partial charge < -0.3 is 14.8 Å². The maximum Gasteiger partial charge on any atom is 0.248 e. The summed E-state index contributed by atoms with van der Waals surface area (Å²) >= 11 is 0. The molecule has 0 aliphatic heterocycles. The number of ether oxygens (including phenoxy) is 2. The van der Waals surface area contributed by atoms with Crippen molar-refractivity contribution in [1.29, 1.82) is 0 Å². The van der Waals surface area contributed by atoms with E-state index in [0.717, 1.165) is 16.9 Å². The van der Waals surface area contributed by atoms with Crippen LogP contribution in [0.1, 0.15) is 11.1 Å². The molecule has 1 amide bonds. The van der Waals surface area contributed by atoms with Crippen LogP contribution >= 0.6 is 0 Å². The van der Waals surface area contributed by atoms with E-state index in [4.69, 9.17) is 9.47 Å². The standard InChI is InChI=1S/C18H19NO3/c1-13-4-10-16(17(12-13)22-3)19-18(20)11-7-14-5-8-15(21-2)9-6-14/h4-12H,1-3H3,(H,19,20). The third kappa shape index (κ3) is 4.12. The fraction of sp³-hybridized carbons (Fsp3) is 0.167. The molecule has 4 nitrogen and oxygen atoms in total. The van der Waals surface area contributed by atoms with Gasteiger partial charge >= 0.3 is 0 Å². The average Bonchev–Trinajstić information content (AvgIpc) is 2.55. The number of anilines is 1. The van der Waals surface area contributed by atoms with Crippen molar-refractivity contribution in [2.75, 3.05) is 19.5 Å². The SMILES string of the molecule is COc1ccc(C=CC(=O)Nc2ccc(C)cc2OC)cc1. The Kier molecular flexibility index (Phi) is 5.20. The monoisotopic (exact) mass is 297 g/mol. The molecular weight excluding hydrogens is 278 g/mol. The third-order valence-electron chi connectivity index (χ3n) is 3.16. The molecule has 0 aromatic heterocycles. The molecule has 22 heavy (non-hydrogen) atoms. The Balaban J connectivity index is 2.04. The summed E-state index contributed by atoms with van der Waals surface area (Å²) in [4.78, 5) is 12.0. The molecule has 2 aromatic rings. The predicted molar refractivity (Wildman–Crippen MR) is 88.4 cm³/mol. The van der Waals surface area contributed by atoms with Crippen LogP contribution in [0.3, 0.4) is 0 Å². The molecule has 0 spiro atoms. The number of carbonyl (C=O) groups is 1. The lowest BCUT2D eigenvalue weighted by Crippen LogP contribution is -2.08. The van der Waals surface area contributed by atoms with Gasteiger partial charge in [-0.1, -0.05) is 18.2 Å². The highest BCUT2D eigenvalue weighted by atomic mass is 16.5. The van der Waals surface area contributed by atoms with Crippen molar-refractivity contribution in [1.82, 2.24) is 0 Å². The third-order valence-corrected chi connectivity index (χ3v) is 3.16. The van der Waals surface area contributed by atoms with Gasteiger partial charge in [-0.3, -0.25) is 4.79 Å². The average molecular weight is 297 g/mol. The van der Waals surface area contributed by atoms with Gasteiger partial charge in [-0.2, -0.15) is 0 Å². The second kappa shape index (κ2) is 7.31. The van der Waals surface area contributed by atoms with Crippen LogP contribution in [0.2, 0.25) is 0 Å².